The number of benzene rings is 4. The number of ether oxygens (including phenoxy) is 1. The third-order valence-corrected chi connectivity index (χ3v) is 13.8. The van der Waals surface area contributed by atoms with Crippen LogP contribution >= 0.6 is 0 Å². The summed E-state index contributed by atoms with van der Waals surface area (Å²) in [7, 11) is 0. The highest BCUT2D eigenvalue weighted by molar-refractivity contribution is 6.25. The van der Waals surface area contributed by atoms with Crippen LogP contribution in [0.5, 0.6) is 0 Å². The van der Waals surface area contributed by atoms with Gasteiger partial charge in [0.2, 0.25) is 17.7 Å². The van der Waals surface area contributed by atoms with E-state index in [1.165, 1.54) is 12.1 Å². The molecule has 17 nitrogen and oxygen atoms in total. The number of fused-ring (bicyclic) bond motifs is 2. The molecule has 1 atom stereocenters. The van der Waals surface area contributed by atoms with Gasteiger partial charge in [0, 0.05) is 93.5 Å². The molecule has 0 aliphatic carbocycles. The maximum absolute atomic E-state index is 14.0. The van der Waals surface area contributed by atoms with Gasteiger partial charge in [0.05, 0.1) is 28.8 Å². The minimum atomic E-state index is -1.00. The van der Waals surface area contributed by atoms with E-state index < -0.39 is 41.3 Å². The molecule has 1 aromatic heterocycles. The molecule has 0 saturated carbocycles. The van der Waals surface area contributed by atoms with Gasteiger partial charge in [-0.15, -0.1) is 0 Å². The summed E-state index contributed by atoms with van der Waals surface area (Å²) in [5.41, 5.74) is 5.22. The van der Waals surface area contributed by atoms with E-state index in [-0.39, 0.29) is 41.8 Å². The van der Waals surface area contributed by atoms with Crippen LogP contribution in [0.2, 0.25) is 0 Å². The first-order chi connectivity index (χ1) is 35.0. The number of hydrogen-bond donors (Lipinski definition) is 6. The Morgan fingerprint density at radius 1 is 0.764 bits per heavy atom. The van der Waals surface area contributed by atoms with E-state index in [0.717, 1.165) is 73.6 Å². The first-order valence-corrected chi connectivity index (χ1v) is 25.0. The van der Waals surface area contributed by atoms with Crippen molar-refractivity contribution in [2.45, 2.75) is 82.7 Å². The normalized spacial score (nSPS) is 17.6. The van der Waals surface area contributed by atoms with E-state index in [1.807, 2.05) is 36.4 Å². The van der Waals surface area contributed by atoms with Crippen molar-refractivity contribution in [1.29, 1.82) is 0 Å². The number of imide groups is 2. The lowest BCUT2D eigenvalue weighted by molar-refractivity contribution is -0.136. The Labute approximate surface area is 415 Å². The van der Waals surface area contributed by atoms with Crippen molar-refractivity contribution in [3.63, 3.8) is 0 Å². The molecular formula is C53H60F2N10O7. The van der Waals surface area contributed by atoms with Gasteiger partial charge < -0.3 is 30.9 Å². The van der Waals surface area contributed by atoms with Gasteiger partial charge in [0.25, 0.3) is 17.7 Å². The first-order valence-electron chi connectivity index (χ1n) is 25.0. The Hall–Kier alpha value is -7.25. The highest BCUT2D eigenvalue weighted by atomic mass is 19.1. The molecule has 72 heavy (non-hydrogen) atoms. The van der Waals surface area contributed by atoms with Gasteiger partial charge in [0.15, 0.2) is 5.82 Å². The number of carbonyl (C=O) groups is 6. The smallest absolute Gasteiger partial charge is 0.264 e. The Kier molecular flexibility index (Phi) is 15.8. The largest absolute Gasteiger partial charge is 0.384 e. The van der Waals surface area contributed by atoms with Crippen molar-refractivity contribution in [3.8, 4) is 0 Å². The van der Waals surface area contributed by atoms with Crippen LogP contribution in [0.3, 0.4) is 0 Å². The predicted molar refractivity (Wildman–Crippen MR) is 268 cm³/mol. The zero-order chi connectivity index (χ0) is 50.1. The number of unbranched alkanes of at least 4 members (excludes halogenated alkanes) is 5. The molecule has 4 aliphatic heterocycles. The van der Waals surface area contributed by atoms with Gasteiger partial charge in [-0.3, -0.25) is 49.0 Å². The maximum Gasteiger partial charge on any atom is 0.264 e. The SMILES string of the molecule is O=C(CN1CCN(c2ccc(C(=O)Nc3n[nH]c4ccc(Cc5cc(F)cc(F)c5)cc34)c(NC3CCOCC3)c2)CC1)NCCCCCCCCNc1cccc2c1C(=O)N(C1CCC(=O)NC1=O)C2=O. The summed E-state index contributed by atoms with van der Waals surface area (Å²) < 4.78 is 33.4. The standard InChI is InChI=1S/C53H60F2N10O7/c54-35-27-34(28-36(55)30-35)26-33-10-13-42-41(29-33)49(62-61-42)60-50(68)39-12-11-38(31-44(39)58-37-16-24-72-25-17-37)64-22-20-63(21-23-64)32-47(67)57-19-6-4-2-1-3-5-18-56-43-9-7-8-40-48(43)53(71)65(52(40)70)45-14-15-46(66)59-51(45)69/h7-13,27-31,37,45,56,58H,1-6,14-26,32H2,(H,57,67)(H,59,66,69)(H2,60,61,62,68). The third kappa shape index (κ3) is 11.9. The highest BCUT2D eigenvalue weighted by Crippen LogP contribution is 2.33. The van der Waals surface area contributed by atoms with Gasteiger partial charge in [-0.2, -0.15) is 5.10 Å². The molecule has 3 saturated heterocycles. The molecule has 1 unspecified atom stereocenters. The molecule has 9 rings (SSSR count). The number of halogens is 2. The molecule has 0 bridgehead atoms. The predicted octanol–water partition coefficient (Wildman–Crippen LogP) is 6.37. The lowest BCUT2D eigenvalue weighted by Crippen LogP contribution is -2.54. The zero-order valence-electron chi connectivity index (χ0n) is 40.1. The highest BCUT2D eigenvalue weighted by Gasteiger charge is 2.45. The fourth-order valence-electron chi connectivity index (χ4n) is 9.99. The average molecular weight is 987 g/mol. The fourth-order valence-corrected chi connectivity index (χ4v) is 9.99. The number of hydrogen-bond acceptors (Lipinski definition) is 12. The number of carbonyl (C=O) groups excluding carboxylic acids is 6. The average Bonchev–Trinajstić information content (AvgIpc) is 3.88. The Balaban J connectivity index is 0.692. The molecule has 0 spiro atoms. The summed E-state index contributed by atoms with van der Waals surface area (Å²) >= 11 is 0. The quantitative estimate of drug-likeness (QED) is 0.0372. The van der Waals surface area contributed by atoms with E-state index in [0.29, 0.717) is 105 Å². The number of H-pyrrole nitrogens is 1. The van der Waals surface area contributed by atoms with E-state index in [1.54, 1.807) is 18.2 Å². The van der Waals surface area contributed by atoms with Crippen LogP contribution in [0.1, 0.15) is 106 Å². The molecule has 5 heterocycles. The lowest BCUT2D eigenvalue weighted by atomic mass is 10.0. The van der Waals surface area contributed by atoms with Crippen LogP contribution in [-0.2, 0) is 25.5 Å². The zero-order valence-corrected chi connectivity index (χ0v) is 40.1. The van der Waals surface area contributed by atoms with Crippen LogP contribution in [0.25, 0.3) is 10.9 Å². The minimum absolute atomic E-state index is 0.00327. The van der Waals surface area contributed by atoms with Crippen molar-refractivity contribution in [2.75, 3.05) is 79.9 Å². The van der Waals surface area contributed by atoms with Crippen LogP contribution in [0.15, 0.2) is 72.8 Å². The molecule has 3 fully saturated rings. The molecule has 4 aliphatic rings. The summed E-state index contributed by atoms with van der Waals surface area (Å²) in [6.07, 6.45) is 7.84. The number of aromatic nitrogens is 2. The maximum atomic E-state index is 14.0. The number of nitrogens with zero attached hydrogens (tertiary/aromatic N) is 4. The second kappa shape index (κ2) is 22.9. The molecule has 378 valence electrons. The monoisotopic (exact) mass is 986 g/mol. The second-order valence-electron chi connectivity index (χ2n) is 19.0. The summed E-state index contributed by atoms with van der Waals surface area (Å²) in [6, 6.07) is 19.0. The summed E-state index contributed by atoms with van der Waals surface area (Å²) in [5.74, 6) is -3.36. The molecule has 6 amide bonds. The Morgan fingerprint density at radius 3 is 2.28 bits per heavy atom. The van der Waals surface area contributed by atoms with Crippen molar-refractivity contribution in [3.05, 3.63) is 112 Å². The number of aromatic amines is 1. The van der Waals surface area contributed by atoms with Crippen molar-refractivity contribution < 1.29 is 42.3 Å². The molecule has 0 radical (unpaired) electrons. The fraction of sp³-hybridized carbons (Fsp3) is 0.415. The number of anilines is 4. The van der Waals surface area contributed by atoms with Crippen LogP contribution in [-0.4, -0.2) is 127 Å². The van der Waals surface area contributed by atoms with Gasteiger partial charge in [-0.25, -0.2) is 8.78 Å². The van der Waals surface area contributed by atoms with Crippen molar-refractivity contribution in [2.24, 2.45) is 0 Å². The van der Waals surface area contributed by atoms with E-state index in [2.05, 4.69) is 46.6 Å². The topological polar surface area (TPSA) is 210 Å². The number of nitrogens with one attached hydrogen (secondary N) is 6. The van der Waals surface area contributed by atoms with Crippen LogP contribution in [0.4, 0.5) is 31.7 Å². The minimum Gasteiger partial charge on any atom is -0.384 e. The van der Waals surface area contributed by atoms with Gasteiger partial charge in [0.1, 0.15) is 17.7 Å². The second-order valence-corrected chi connectivity index (χ2v) is 19.0. The third-order valence-electron chi connectivity index (χ3n) is 13.8. The number of amides is 6. The summed E-state index contributed by atoms with van der Waals surface area (Å²) in [6.45, 7) is 5.65. The summed E-state index contributed by atoms with van der Waals surface area (Å²) in [5, 5.41) is 23.2. The van der Waals surface area contributed by atoms with Gasteiger partial charge in [-0.05, 0) is 104 Å². The molecule has 6 N–H and O–H groups in total. The van der Waals surface area contributed by atoms with Gasteiger partial charge >= 0.3 is 0 Å². The number of rotatable bonds is 20. The number of piperidine rings is 1. The van der Waals surface area contributed by atoms with Crippen molar-refractivity contribution >= 4 is 69.2 Å². The molecule has 4 aromatic carbocycles. The van der Waals surface area contributed by atoms with Crippen LogP contribution < -0.4 is 31.5 Å². The lowest BCUT2D eigenvalue weighted by Gasteiger charge is -2.36. The Morgan fingerprint density at radius 2 is 1.51 bits per heavy atom. The van der Waals surface area contributed by atoms with Crippen LogP contribution in [0, 0.1) is 11.6 Å². The Bertz CT molecular complexity index is 2820. The first kappa shape index (κ1) is 49.7. The molecule has 5 aromatic rings. The number of piperazine rings is 1. The molecular weight excluding hydrogens is 927 g/mol. The van der Waals surface area contributed by atoms with Crippen molar-refractivity contribution in [1.82, 2.24) is 30.6 Å². The van der Waals surface area contributed by atoms with E-state index in [9.17, 15) is 37.5 Å². The summed E-state index contributed by atoms with van der Waals surface area (Å²) in [4.78, 5) is 82.9. The van der Waals surface area contributed by atoms with E-state index in [4.69, 9.17) is 4.74 Å². The van der Waals surface area contributed by atoms with Gasteiger partial charge in [-0.1, -0.05) is 37.8 Å². The molecule has 19 heteroatoms. The van der Waals surface area contributed by atoms with E-state index >= 15 is 0 Å².